The highest BCUT2D eigenvalue weighted by Gasteiger charge is 2.14. The highest BCUT2D eigenvalue weighted by molar-refractivity contribution is 8.00. The summed E-state index contributed by atoms with van der Waals surface area (Å²) in [6.07, 6.45) is 0. The number of hydrogen-bond acceptors (Lipinski definition) is 5. The van der Waals surface area contributed by atoms with Crippen molar-refractivity contribution in [1.29, 1.82) is 0 Å². The van der Waals surface area contributed by atoms with Gasteiger partial charge in [0.2, 0.25) is 17.7 Å². The van der Waals surface area contributed by atoms with Gasteiger partial charge in [-0.2, -0.15) is 0 Å². The van der Waals surface area contributed by atoms with Crippen LogP contribution in [0, 0.1) is 6.92 Å². The number of carbonyl (C=O) groups is 1. The molecule has 0 radical (unpaired) electrons. The van der Waals surface area contributed by atoms with Crippen LogP contribution in [0.25, 0.3) is 0 Å². The minimum atomic E-state index is -0.0423. The second-order valence-corrected chi connectivity index (χ2v) is 5.36. The number of para-hydroxylation sites is 1. The molecule has 5 nitrogen and oxygen atoms in total. The van der Waals surface area contributed by atoms with Crippen molar-refractivity contribution in [3.8, 4) is 0 Å². The number of aryl methyl sites for hydroxylation is 1. The fourth-order valence-electron chi connectivity index (χ4n) is 1.47. The fraction of sp³-hybridized carbons (Fsp3) is 0.308. The van der Waals surface area contributed by atoms with Gasteiger partial charge >= 0.3 is 0 Å². The van der Waals surface area contributed by atoms with E-state index in [-0.39, 0.29) is 11.2 Å². The van der Waals surface area contributed by atoms with Gasteiger partial charge in [0.25, 0.3) is 0 Å². The van der Waals surface area contributed by atoms with Crippen molar-refractivity contribution in [2.24, 2.45) is 0 Å². The van der Waals surface area contributed by atoms with Crippen molar-refractivity contribution in [2.45, 2.75) is 19.1 Å². The minimum Gasteiger partial charge on any atom is -0.424 e. The number of rotatable bonds is 5. The maximum Gasteiger partial charge on any atom is 0.234 e. The van der Waals surface area contributed by atoms with Crippen LogP contribution in [-0.2, 0) is 4.79 Å². The summed E-state index contributed by atoms with van der Waals surface area (Å²) in [5.41, 5.74) is 0.800. The monoisotopic (exact) mass is 277 g/mol. The minimum absolute atomic E-state index is 0.00252. The Bertz CT molecular complexity index is 542. The molecule has 2 rings (SSSR count). The predicted molar refractivity (Wildman–Crippen MR) is 75.0 cm³/mol. The van der Waals surface area contributed by atoms with Crippen molar-refractivity contribution in [3.05, 3.63) is 42.1 Å². The van der Waals surface area contributed by atoms with Crippen molar-refractivity contribution < 1.29 is 9.21 Å². The first-order valence-corrected chi connectivity index (χ1v) is 6.96. The van der Waals surface area contributed by atoms with Gasteiger partial charge in [0.1, 0.15) is 0 Å². The number of hydrogen-bond donors (Lipinski definition) is 1. The Labute approximate surface area is 115 Å². The molecule has 0 aliphatic carbocycles. The first kappa shape index (κ1) is 13.6. The molecule has 2 aromatic rings. The van der Waals surface area contributed by atoms with Crippen molar-refractivity contribution >= 4 is 23.4 Å². The third kappa shape index (κ3) is 4.10. The number of anilines is 1. The van der Waals surface area contributed by atoms with Gasteiger partial charge < -0.3 is 9.73 Å². The molecule has 1 atom stereocenters. The van der Waals surface area contributed by atoms with E-state index in [4.69, 9.17) is 4.42 Å². The molecule has 6 heteroatoms. The van der Waals surface area contributed by atoms with E-state index < -0.39 is 0 Å². The van der Waals surface area contributed by atoms with Crippen LogP contribution in [0.5, 0.6) is 0 Å². The van der Waals surface area contributed by atoms with Crippen LogP contribution >= 0.6 is 11.8 Å². The lowest BCUT2D eigenvalue weighted by atomic mass is 10.3. The van der Waals surface area contributed by atoms with Gasteiger partial charge in [0.15, 0.2) is 0 Å². The lowest BCUT2D eigenvalue weighted by molar-refractivity contribution is -0.113. The number of carbonyl (C=O) groups excluding carboxylic acids is 1. The highest BCUT2D eigenvalue weighted by atomic mass is 32.2. The summed E-state index contributed by atoms with van der Waals surface area (Å²) in [6.45, 7) is 3.68. The molecule has 0 spiro atoms. The topological polar surface area (TPSA) is 68.0 Å². The zero-order valence-corrected chi connectivity index (χ0v) is 11.6. The largest absolute Gasteiger partial charge is 0.424 e. The summed E-state index contributed by atoms with van der Waals surface area (Å²) in [7, 11) is 0. The lowest BCUT2D eigenvalue weighted by Gasteiger charge is -2.07. The SMILES string of the molecule is Cc1nnc(C(C)SCC(=O)Nc2ccccc2)o1. The molecule has 0 saturated heterocycles. The van der Waals surface area contributed by atoms with Crippen LogP contribution in [0.3, 0.4) is 0 Å². The summed E-state index contributed by atoms with van der Waals surface area (Å²) in [5, 5.41) is 10.5. The van der Waals surface area contributed by atoms with Gasteiger partial charge in [0.05, 0.1) is 11.0 Å². The van der Waals surface area contributed by atoms with Crippen LogP contribution in [0.4, 0.5) is 5.69 Å². The number of thioether (sulfide) groups is 1. The molecule has 1 amide bonds. The Balaban J connectivity index is 1.80. The average Bonchev–Trinajstić information content (AvgIpc) is 2.84. The van der Waals surface area contributed by atoms with Crippen LogP contribution in [-0.4, -0.2) is 21.9 Å². The molecule has 19 heavy (non-hydrogen) atoms. The number of amides is 1. The summed E-state index contributed by atoms with van der Waals surface area (Å²) in [6, 6.07) is 9.38. The zero-order valence-electron chi connectivity index (χ0n) is 10.8. The van der Waals surface area contributed by atoms with Crippen molar-refractivity contribution in [2.75, 3.05) is 11.1 Å². The van der Waals surface area contributed by atoms with E-state index in [0.717, 1.165) is 5.69 Å². The van der Waals surface area contributed by atoms with E-state index in [1.165, 1.54) is 11.8 Å². The Morgan fingerprint density at radius 3 is 2.74 bits per heavy atom. The lowest BCUT2D eigenvalue weighted by Crippen LogP contribution is -2.14. The maximum atomic E-state index is 11.8. The normalized spacial score (nSPS) is 12.1. The van der Waals surface area contributed by atoms with Crippen LogP contribution < -0.4 is 5.32 Å². The first-order valence-electron chi connectivity index (χ1n) is 5.91. The Morgan fingerprint density at radius 2 is 2.11 bits per heavy atom. The van der Waals surface area contributed by atoms with Crippen LogP contribution in [0.1, 0.15) is 24.0 Å². The summed E-state index contributed by atoms with van der Waals surface area (Å²) < 4.78 is 5.32. The standard InChI is InChI=1S/C13H15N3O2S/c1-9(13-16-15-10(2)18-13)19-8-12(17)14-11-6-4-3-5-7-11/h3-7,9H,8H2,1-2H3,(H,14,17). The second-order valence-electron chi connectivity index (χ2n) is 4.03. The summed E-state index contributed by atoms with van der Waals surface area (Å²) >= 11 is 1.46. The Kier molecular flexibility index (Phi) is 4.57. The third-order valence-corrected chi connectivity index (χ3v) is 3.54. The second kappa shape index (κ2) is 6.38. The van der Waals surface area contributed by atoms with E-state index in [2.05, 4.69) is 15.5 Å². The number of nitrogens with zero attached hydrogens (tertiary/aromatic N) is 2. The van der Waals surface area contributed by atoms with Gasteiger partial charge in [-0.15, -0.1) is 22.0 Å². The van der Waals surface area contributed by atoms with Gasteiger partial charge in [-0.1, -0.05) is 18.2 Å². The summed E-state index contributed by atoms with van der Waals surface area (Å²) in [4.78, 5) is 11.8. The van der Waals surface area contributed by atoms with Gasteiger partial charge in [0, 0.05) is 12.6 Å². The molecule has 0 saturated carbocycles. The number of nitrogens with one attached hydrogen (secondary N) is 1. The van der Waals surface area contributed by atoms with Gasteiger partial charge in [-0.05, 0) is 19.1 Å². The van der Waals surface area contributed by atoms with Crippen LogP contribution in [0.15, 0.2) is 34.7 Å². The molecule has 1 unspecified atom stereocenters. The first-order chi connectivity index (χ1) is 9.15. The molecular weight excluding hydrogens is 262 g/mol. The van der Waals surface area contributed by atoms with E-state index in [1.807, 2.05) is 37.3 Å². The zero-order chi connectivity index (χ0) is 13.7. The number of benzene rings is 1. The number of aromatic nitrogens is 2. The van der Waals surface area contributed by atoms with E-state index in [1.54, 1.807) is 6.92 Å². The molecule has 1 heterocycles. The molecule has 0 bridgehead atoms. The molecule has 100 valence electrons. The van der Waals surface area contributed by atoms with E-state index in [9.17, 15) is 4.79 Å². The van der Waals surface area contributed by atoms with Gasteiger partial charge in [-0.25, -0.2) is 0 Å². The molecular formula is C13H15N3O2S. The van der Waals surface area contributed by atoms with Crippen molar-refractivity contribution in [3.63, 3.8) is 0 Å². The Morgan fingerprint density at radius 1 is 1.37 bits per heavy atom. The molecule has 0 aliphatic rings. The average molecular weight is 277 g/mol. The Hall–Kier alpha value is -1.82. The molecule has 0 aliphatic heterocycles. The predicted octanol–water partition coefficient (Wildman–Crippen LogP) is 2.81. The molecule has 1 N–H and O–H groups in total. The van der Waals surface area contributed by atoms with Crippen molar-refractivity contribution in [1.82, 2.24) is 10.2 Å². The van der Waals surface area contributed by atoms with E-state index >= 15 is 0 Å². The third-order valence-electron chi connectivity index (χ3n) is 2.41. The highest BCUT2D eigenvalue weighted by Crippen LogP contribution is 2.26. The maximum absolute atomic E-state index is 11.8. The fourth-order valence-corrected chi connectivity index (χ4v) is 2.18. The molecule has 1 aromatic carbocycles. The summed E-state index contributed by atoms with van der Waals surface area (Å²) in [5.74, 6) is 1.39. The quantitative estimate of drug-likeness (QED) is 0.910. The molecule has 1 aromatic heterocycles. The molecule has 0 fully saturated rings. The van der Waals surface area contributed by atoms with Crippen LogP contribution in [0.2, 0.25) is 0 Å². The van der Waals surface area contributed by atoms with Gasteiger partial charge in [-0.3, -0.25) is 4.79 Å². The van der Waals surface area contributed by atoms with E-state index in [0.29, 0.717) is 17.5 Å². The smallest absolute Gasteiger partial charge is 0.234 e.